The van der Waals surface area contributed by atoms with Gasteiger partial charge in [-0.25, -0.2) is 13.4 Å². The van der Waals surface area contributed by atoms with Crippen molar-refractivity contribution in [1.82, 2.24) is 9.29 Å². The van der Waals surface area contributed by atoms with Gasteiger partial charge < -0.3 is 19.7 Å². The van der Waals surface area contributed by atoms with E-state index < -0.39 is 10.0 Å². The minimum atomic E-state index is -3.47. The molecule has 194 valence electrons. The quantitative estimate of drug-likeness (QED) is 0.546. The Bertz CT molecular complexity index is 1440. The Morgan fingerprint density at radius 1 is 0.919 bits per heavy atom. The van der Waals surface area contributed by atoms with Crippen molar-refractivity contribution in [2.45, 2.75) is 30.6 Å². The standard InChI is InChI=1S/C27H30N4O5S/c32-27(28-21-6-9-24-25(17-21)36-15-14-35-24)20-4-3-11-30(18-20)26-10-5-19-16-22(7-8-23(19)29-26)37(33,34)31-12-1-2-13-31/h5-10,16-17,20H,1-4,11-15,18H2,(H,28,32)/t20-/m0/s1. The zero-order chi connectivity index (χ0) is 25.4. The van der Waals surface area contributed by atoms with Crippen LogP contribution in [0.4, 0.5) is 11.5 Å². The lowest BCUT2D eigenvalue weighted by molar-refractivity contribution is -0.120. The van der Waals surface area contributed by atoms with E-state index in [0.717, 1.165) is 48.9 Å². The average Bonchev–Trinajstić information content (AvgIpc) is 3.49. The van der Waals surface area contributed by atoms with Crippen molar-refractivity contribution in [1.29, 1.82) is 0 Å². The zero-order valence-corrected chi connectivity index (χ0v) is 21.4. The molecule has 3 aliphatic rings. The number of hydrogen-bond acceptors (Lipinski definition) is 7. The second kappa shape index (κ2) is 9.83. The third-order valence-electron chi connectivity index (χ3n) is 7.27. The molecule has 1 atom stereocenters. The molecule has 1 amide bonds. The van der Waals surface area contributed by atoms with Gasteiger partial charge in [0.05, 0.1) is 16.3 Å². The van der Waals surface area contributed by atoms with E-state index in [1.54, 1.807) is 28.6 Å². The van der Waals surface area contributed by atoms with Gasteiger partial charge in [-0.1, -0.05) is 0 Å². The molecule has 10 heteroatoms. The second-order valence-electron chi connectivity index (χ2n) is 9.77. The molecule has 1 N–H and O–H groups in total. The summed E-state index contributed by atoms with van der Waals surface area (Å²) in [4.78, 5) is 20.3. The molecule has 6 rings (SSSR count). The maximum absolute atomic E-state index is 13.1. The Hall–Kier alpha value is -3.37. The number of pyridine rings is 1. The van der Waals surface area contributed by atoms with Gasteiger partial charge in [0.2, 0.25) is 15.9 Å². The summed E-state index contributed by atoms with van der Waals surface area (Å²) in [6, 6.07) is 14.4. The molecule has 2 aromatic carbocycles. The number of benzene rings is 2. The number of hydrogen-bond donors (Lipinski definition) is 1. The van der Waals surface area contributed by atoms with E-state index in [0.29, 0.717) is 54.9 Å². The van der Waals surface area contributed by atoms with Gasteiger partial charge in [-0.05, 0) is 68.1 Å². The monoisotopic (exact) mass is 522 g/mol. The second-order valence-corrected chi connectivity index (χ2v) is 11.7. The third kappa shape index (κ3) is 4.83. The summed E-state index contributed by atoms with van der Waals surface area (Å²) in [5, 5.41) is 3.81. The van der Waals surface area contributed by atoms with Crippen LogP contribution in [0.15, 0.2) is 53.4 Å². The van der Waals surface area contributed by atoms with Gasteiger partial charge in [-0.3, -0.25) is 4.79 Å². The number of rotatable bonds is 5. The summed E-state index contributed by atoms with van der Waals surface area (Å²) in [5.74, 6) is 1.92. The van der Waals surface area contributed by atoms with Crippen LogP contribution >= 0.6 is 0 Å². The Labute approximate surface area is 216 Å². The van der Waals surface area contributed by atoms with E-state index in [-0.39, 0.29) is 11.8 Å². The molecule has 9 nitrogen and oxygen atoms in total. The van der Waals surface area contributed by atoms with Crippen LogP contribution in [0.1, 0.15) is 25.7 Å². The van der Waals surface area contributed by atoms with Crippen LogP contribution in [-0.4, -0.2) is 63.0 Å². The number of nitrogens with zero attached hydrogens (tertiary/aromatic N) is 3. The normalized spacial score (nSPS) is 20.2. The number of ether oxygens (including phenoxy) is 2. The molecule has 0 spiro atoms. The summed E-state index contributed by atoms with van der Waals surface area (Å²) in [5.41, 5.74) is 1.43. The number of sulfonamides is 1. The van der Waals surface area contributed by atoms with Gasteiger partial charge in [-0.2, -0.15) is 4.31 Å². The number of anilines is 2. The first kappa shape index (κ1) is 24.0. The van der Waals surface area contributed by atoms with Crippen LogP contribution in [0.3, 0.4) is 0 Å². The molecule has 1 aromatic heterocycles. The van der Waals surface area contributed by atoms with Gasteiger partial charge in [0.15, 0.2) is 11.5 Å². The minimum absolute atomic E-state index is 0.0288. The highest BCUT2D eigenvalue weighted by atomic mass is 32.2. The highest BCUT2D eigenvalue weighted by Gasteiger charge is 2.29. The molecule has 2 fully saturated rings. The smallest absolute Gasteiger partial charge is 0.243 e. The van der Waals surface area contributed by atoms with Crippen molar-refractivity contribution < 1.29 is 22.7 Å². The lowest BCUT2D eigenvalue weighted by Gasteiger charge is -2.33. The van der Waals surface area contributed by atoms with Crippen molar-refractivity contribution in [3.05, 3.63) is 48.5 Å². The Kier molecular flexibility index (Phi) is 6.37. The molecule has 3 aromatic rings. The van der Waals surface area contributed by atoms with E-state index in [9.17, 15) is 13.2 Å². The minimum Gasteiger partial charge on any atom is -0.486 e. The van der Waals surface area contributed by atoms with Crippen LogP contribution in [0, 0.1) is 5.92 Å². The van der Waals surface area contributed by atoms with E-state index in [2.05, 4.69) is 10.2 Å². The SMILES string of the molecule is O=C(Nc1ccc2c(c1)OCCO2)[C@H]1CCCN(c2ccc3cc(S(=O)(=O)N4CCCC4)ccc3n2)C1. The maximum atomic E-state index is 13.1. The number of aromatic nitrogens is 1. The number of fused-ring (bicyclic) bond motifs is 2. The molecule has 0 saturated carbocycles. The van der Waals surface area contributed by atoms with Crippen LogP contribution in [-0.2, 0) is 14.8 Å². The average molecular weight is 523 g/mol. The Morgan fingerprint density at radius 3 is 2.57 bits per heavy atom. The van der Waals surface area contributed by atoms with Crippen molar-refractivity contribution in [2.75, 3.05) is 49.6 Å². The predicted molar refractivity (Wildman–Crippen MR) is 141 cm³/mol. The van der Waals surface area contributed by atoms with Crippen molar-refractivity contribution in [3.63, 3.8) is 0 Å². The third-order valence-corrected chi connectivity index (χ3v) is 9.17. The summed E-state index contributed by atoms with van der Waals surface area (Å²) < 4.78 is 38.6. The van der Waals surface area contributed by atoms with E-state index in [4.69, 9.17) is 14.5 Å². The molecule has 37 heavy (non-hydrogen) atoms. The first-order valence-corrected chi connectivity index (χ1v) is 14.3. The number of nitrogens with one attached hydrogen (secondary N) is 1. The van der Waals surface area contributed by atoms with Crippen molar-refractivity contribution in [3.8, 4) is 11.5 Å². The van der Waals surface area contributed by atoms with Crippen LogP contribution in [0.2, 0.25) is 0 Å². The number of carbonyl (C=O) groups excluding carboxylic acids is 1. The first-order valence-electron chi connectivity index (χ1n) is 12.8. The molecular formula is C27H30N4O5S. The fraction of sp³-hybridized carbons (Fsp3) is 0.407. The molecule has 0 unspecified atom stereocenters. The van der Waals surface area contributed by atoms with Gasteiger partial charge in [0.25, 0.3) is 0 Å². The van der Waals surface area contributed by atoms with Crippen LogP contribution in [0.5, 0.6) is 11.5 Å². The highest BCUT2D eigenvalue weighted by molar-refractivity contribution is 7.89. The van der Waals surface area contributed by atoms with E-state index in [1.807, 2.05) is 24.3 Å². The topological polar surface area (TPSA) is 101 Å². The number of amides is 1. The molecule has 0 bridgehead atoms. The summed E-state index contributed by atoms with van der Waals surface area (Å²) >= 11 is 0. The lowest BCUT2D eigenvalue weighted by atomic mass is 9.97. The number of carbonyl (C=O) groups is 1. The largest absolute Gasteiger partial charge is 0.486 e. The Morgan fingerprint density at radius 2 is 1.73 bits per heavy atom. The summed E-state index contributed by atoms with van der Waals surface area (Å²) in [7, 11) is -3.47. The zero-order valence-electron chi connectivity index (χ0n) is 20.6. The fourth-order valence-corrected chi connectivity index (χ4v) is 6.82. The Balaban J connectivity index is 1.15. The molecule has 0 aliphatic carbocycles. The van der Waals surface area contributed by atoms with Gasteiger partial charge in [0.1, 0.15) is 19.0 Å². The number of piperidine rings is 1. The first-order chi connectivity index (χ1) is 18.0. The fourth-order valence-electron chi connectivity index (χ4n) is 5.27. The molecular weight excluding hydrogens is 492 g/mol. The van der Waals surface area contributed by atoms with Crippen molar-refractivity contribution in [2.24, 2.45) is 5.92 Å². The maximum Gasteiger partial charge on any atom is 0.243 e. The molecule has 4 heterocycles. The lowest BCUT2D eigenvalue weighted by Crippen LogP contribution is -2.41. The summed E-state index contributed by atoms with van der Waals surface area (Å²) in [6.45, 7) is 3.56. The van der Waals surface area contributed by atoms with Crippen molar-refractivity contribution >= 4 is 38.3 Å². The van der Waals surface area contributed by atoms with E-state index >= 15 is 0 Å². The van der Waals surface area contributed by atoms with E-state index in [1.165, 1.54) is 0 Å². The van der Waals surface area contributed by atoms with Gasteiger partial charge in [-0.15, -0.1) is 0 Å². The predicted octanol–water partition coefficient (Wildman–Crippen LogP) is 3.65. The van der Waals surface area contributed by atoms with Gasteiger partial charge >= 0.3 is 0 Å². The van der Waals surface area contributed by atoms with Gasteiger partial charge in [0, 0.05) is 43.3 Å². The molecule has 3 aliphatic heterocycles. The summed E-state index contributed by atoms with van der Waals surface area (Å²) in [6.07, 6.45) is 3.50. The van der Waals surface area contributed by atoms with Crippen LogP contribution < -0.4 is 19.7 Å². The van der Waals surface area contributed by atoms with Crippen LogP contribution in [0.25, 0.3) is 10.9 Å². The molecule has 2 saturated heterocycles. The highest BCUT2D eigenvalue weighted by Crippen LogP contribution is 2.33. The molecule has 0 radical (unpaired) electrons.